The number of fused-ring (bicyclic) bond motifs is 1. The molecule has 222 valence electrons. The fourth-order valence-electron chi connectivity index (χ4n) is 8.18. The largest absolute Gasteiger partial charge is 0.394 e. The number of ether oxygens (including phenoxy) is 1. The number of aliphatic hydroxyl groups is 1. The third-order valence-electron chi connectivity index (χ3n) is 10.0. The van der Waals surface area contributed by atoms with E-state index in [1.165, 1.54) is 0 Å². The molecule has 1 aromatic rings. The SMILES string of the molecule is C=CCN(C)C(=O)[C@@H]1[C@H]2C(=O)N([C@@H](CO)Cc3ccccc3)C(C(=O)N(CC=C)C3CCCCC3)C23CC[C@@]1(C)O3. The Morgan fingerprint density at radius 2 is 1.78 bits per heavy atom. The third-order valence-corrected chi connectivity index (χ3v) is 10.0. The Kier molecular flexibility index (Phi) is 8.44. The van der Waals surface area contributed by atoms with Gasteiger partial charge in [-0.15, -0.1) is 13.2 Å². The Morgan fingerprint density at radius 1 is 1.10 bits per heavy atom. The number of benzene rings is 1. The zero-order valence-corrected chi connectivity index (χ0v) is 24.5. The summed E-state index contributed by atoms with van der Waals surface area (Å²) < 4.78 is 6.84. The Morgan fingerprint density at radius 3 is 2.41 bits per heavy atom. The minimum atomic E-state index is -1.13. The van der Waals surface area contributed by atoms with Crippen LogP contribution >= 0.6 is 0 Å². The van der Waals surface area contributed by atoms with Crippen LogP contribution in [0.3, 0.4) is 0 Å². The summed E-state index contributed by atoms with van der Waals surface area (Å²) >= 11 is 0. The van der Waals surface area contributed by atoms with Gasteiger partial charge in [-0.3, -0.25) is 14.4 Å². The number of aliphatic hydroxyl groups excluding tert-OH is 1. The summed E-state index contributed by atoms with van der Waals surface area (Å²) in [4.78, 5) is 48.4. The van der Waals surface area contributed by atoms with Crippen LogP contribution in [0.2, 0.25) is 0 Å². The fourth-order valence-corrected chi connectivity index (χ4v) is 8.18. The molecule has 1 aliphatic carbocycles. The highest BCUT2D eigenvalue weighted by Crippen LogP contribution is 2.64. The molecular weight excluding hydrogens is 518 g/mol. The van der Waals surface area contributed by atoms with Crippen LogP contribution in [-0.2, 0) is 25.5 Å². The van der Waals surface area contributed by atoms with Crippen LogP contribution in [0.4, 0.5) is 0 Å². The summed E-state index contributed by atoms with van der Waals surface area (Å²) in [5.74, 6) is -2.10. The summed E-state index contributed by atoms with van der Waals surface area (Å²) in [6.07, 6.45) is 10.00. The van der Waals surface area contributed by atoms with Crippen molar-refractivity contribution in [3.63, 3.8) is 0 Å². The molecule has 0 radical (unpaired) electrons. The van der Waals surface area contributed by atoms with Gasteiger partial charge in [0, 0.05) is 26.2 Å². The van der Waals surface area contributed by atoms with Crippen molar-refractivity contribution in [3.8, 4) is 0 Å². The molecule has 8 nitrogen and oxygen atoms in total. The monoisotopic (exact) mass is 563 g/mol. The second-order valence-electron chi connectivity index (χ2n) is 12.6. The number of carbonyl (C=O) groups excluding carboxylic acids is 3. The zero-order valence-electron chi connectivity index (χ0n) is 24.5. The summed E-state index contributed by atoms with van der Waals surface area (Å²) in [5.41, 5.74) is -1.01. The quantitative estimate of drug-likeness (QED) is 0.417. The number of hydrogen-bond acceptors (Lipinski definition) is 5. The Bertz CT molecular complexity index is 1170. The van der Waals surface area contributed by atoms with E-state index in [9.17, 15) is 19.5 Å². The van der Waals surface area contributed by atoms with Gasteiger partial charge in [-0.2, -0.15) is 0 Å². The maximum absolute atomic E-state index is 14.8. The molecule has 4 fully saturated rings. The first-order valence-corrected chi connectivity index (χ1v) is 15.2. The maximum atomic E-state index is 14.8. The number of hydrogen-bond donors (Lipinski definition) is 1. The highest BCUT2D eigenvalue weighted by Gasteiger charge is 2.78. The molecule has 1 aromatic carbocycles. The molecule has 0 aromatic heterocycles. The first-order chi connectivity index (χ1) is 19.7. The average Bonchev–Trinajstić information content (AvgIpc) is 3.55. The minimum Gasteiger partial charge on any atom is -0.394 e. The second kappa shape index (κ2) is 11.7. The van der Waals surface area contributed by atoms with Gasteiger partial charge in [-0.25, -0.2) is 0 Å². The molecule has 1 N–H and O–H groups in total. The van der Waals surface area contributed by atoms with Crippen molar-refractivity contribution in [1.82, 2.24) is 14.7 Å². The summed E-state index contributed by atoms with van der Waals surface area (Å²) in [6.45, 7) is 10.1. The molecule has 6 atom stereocenters. The van der Waals surface area contributed by atoms with E-state index in [1.54, 1.807) is 29.0 Å². The fraction of sp³-hybridized carbons (Fsp3) is 0.606. The van der Waals surface area contributed by atoms with Gasteiger partial charge in [0.1, 0.15) is 11.6 Å². The van der Waals surface area contributed by atoms with E-state index in [0.717, 1.165) is 37.7 Å². The van der Waals surface area contributed by atoms with Gasteiger partial charge >= 0.3 is 0 Å². The van der Waals surface area contributed by atoms with Crippen LogP contribution in [-0.4, -0.2) is 93.6 Å². The van der Waals surface area contributed by atoms with E-state index in [0.29, 0.717) is 32.4 Å². The summed E-state index contributed by atoms with van der Waals surface area (Å²) in [7, 11) is 1.71. The average molecular weight is 564 g/mol. The molecule has 2 unspecified atom stereocenters. The van der Waals surface area contributed by atoms with Gasteiger partial charge in [0.25, 0.3) is 0 Å². The van der Waals surface area contributed by atoms with Gasteiger partial charge < -0.3 is 24.5 Å². The van der Waals surface area contributed by atoms with Crippen LogP contribution in [0.15, 0.2) is 55.6 Å². The van der Waals surface area contributed by atoms with Gasteiger partial charge in [0.05, 0.1) is 30.1 Å². The first kappa shape index (κ1) is 29.5. The lowest BCUT2D eigenvalue weighted by molar-refractivity contribution is -0.157. The van der Waals surface area contributed by atoms with Crippen LogP contribution in [0, 0.1) is 11.8 Å². The molecule has 3 aliphatic heterocycles. The molecule has 2 bridgehead atoms. The summed E-state index contributed by atoms with van der Waals surface area (Å²) in [6, 6.07) is 8.21. The molecule has 5 rings (SSSR count). The lowest BCUT2D eigenvalue weighted by Crippen LogP contribution is -2.60. The molecule has 1 spiro atoms. The van der Waals surface area contributed by atoms with Crippen molar-refractivity contribution >= 4 is 17.7 Å². The van der Waals surface area contributed by atoms with Gasteiger partial charge in [0.15, 0.2) is 0 Å². The van der Waals surface area contributed by atoms with E-state index in [1.807, 2.05) is 42.2 Å². The van der Waals surface area contributed by atoms with E-state index >= 15 is 0 Å². The zero-order chi connectivity index (χ0) is 29.4. The Balaban J connectivity index is 1.59. The van der Waals surface area contributed by atoms with E-state index in [2.05, 4.69) is 13.2 Å². The lowest BCUT2D eigenvalue weighted by atomic mass is 9.66. The van der Waals surface area contributed by atoms with Gasteiger partial charge in [-0.05, 0) is 44.6 Å². The number of likely N-dealkylation sites (N-methyl/N-ethyl adjacent to an activating group) is 1. The Hall–Kier alpha value is -2.97. The van der Waals surface area contributed by atoms with E-state index < -0.39 is 35.1 Å². The third kappa shape index (κ3) is 4.93. The highest BCUT2D eigenvalue weighted by atomic mass is 16.5. The van der Waals surface area contributed by atoms with Crippen molar-refractivity contribution < 1.29 is 24.2 Å². The lowest BCUT2D eigenvalue weighted by Gasteiger charge is -2.42. The van der Waals surface area contributed by atoms with Crippen molar-refractivity contribution in [2.45, 2.75) is 87.6 Å². The van der Waals surface area contributed by atoms with E-state index in [-0.39, 0.29) is 30.4 Å². The predicted molar refractivity (Wildman–Crippen MR) is 157 cm³/mol. The van der Waals surface area contributed by atoms with Crippen LogP contribution in [0.25, 0.3) is 0 Å². The van der Waals surface area contributed by atoms with Crippen molar-refractivity contribution in [2.24, 2.45) is 11.8 Å². The summed E-state index contributed by atoms with van der Waals surface area (Å²) in [5, 5.41) is 10.7. The molecule has 3 amide bonds. The number of rotatable bonds is 11. The van der Waals surface area contributed by atoms with Crippen molar-refractivity contribution in [2.75, 3.05) is 26.7 Å². The second-order valence-corrected chi connectivity index (χ2v) is 12.6. The van der Waals surface area contributed by atoms with E-state index in [4.69, 9.17) is 4.74 Å². The molecule has 3 saturated heterocycles. The normalized spacial score (nSPS) is 31.5. The van der Waals surface area contributed by atoms with Gasteiger partial charge in [-0.1, -0.05) is 61.7 Å². The standard InChI is InChI=1S/C33H45N3O5/c1-5-19-34(4)29(38)26-27-30(39)36(25(22-37)21-23-13-9-7-10-14-23)28(33(27)18-17-32(26,3)41-33)31(40)35(20-6-2)24-15-11-8-12-16-24/h5-7,9-10,13-14,24-28,37H,1-2,8,11-12,15-22H2,3-4H3/t25-,26+,27+,28?,32-,33?/m1/s1. The molecule has 3 heterocycles. The molecular formula is C33H45N3O5. The molecule has 8 heteroatoms. The smallest absolute Gasteiger partial charge is 0.248 e. The topological polar surface area (TPSA) is 90.4 Å². The molecule has 4 aliphatic rings. The molecule has 1 saturated carbocycles. The van der Waals surface area contributed by atoms with Crippen molar-refractivity contribution in [1.29, 1.82) is 0 Å². The number of carbonyl (C=O) groups is 3. The maximum Gasteiger partial charge on any atom is 0.248 e. The number of nitrogens with zero attached hydrogens (tertiary/aromatic N) is 3. The number of amides is 3. The minimum absolute atomic E-state index is 0.0636. The van der Waals surface area contributed by atoms with Crippen LogP contribution < -0.4 is 0 Å². The number of likely N-dealkylation sites (tertiary alicyclic amines) is 1. The van der Waals surface area contributed by atoms with Gasteiger partial charge in [0.2, 0.25) is 17.7 Å². The van der Waals surface area contributed by atoms with Crippen LogP contribution in [0.1, 0.15) is 57.4 Å². The van der Waals surface area contributed by atoms with Crippen LogP contribution in [0.5, 0.6) is 0 Å². The van der Waals surface area contributed by atoms with Crippen molar-refractivity contribution in [3.05, 3.63) is 61.2 Å². The predicted octanol–water partition coefficient (Wildman–Crippen LogP) is 3.35. The Labute approximate surface area is 244 Å². The first-order valence-electron chi connectivity index (χ1n) is 15.2. The molecule has 41 heavy (non-hydrogen) atoms. The highest BCUT2D eigenvalue weighted by molar-refractivity contribution is 5.99.